The highest BCUT2D eigenvalue weighted by atomic mass is 32.2. The van der Waals surface area contributed by atoms with Gasteiger partial charge in [-0.25, -0.2) is 4.98 Å². The van der Waals surface area contributed by atoms with Crippen LogP contribution in [0.4, 0.5) is 0 Å². The van der Waals surface area contributed by atoms with Gasteiger partial charge in [0.15, 0.2) is 5.16 Å². The van der Waals surface area contributed by atoms with Gasteiger partial charge in [0.25, 0.3) is 5.56 Å². The minimum Gasteiger partial charge on any atom is -0.497 e. The Morgan fingerprint density at radius 1 is 1.32 bits per heavy atom. The first-order valence-corrected chi connectivity index (χ1v) is 9.72. The van der Waals surface area contributed by atoms with Crippen molar-refractivity contribution in [1.29, 1.82) is 0 Å². The predicted molar refractivity (Wildman–Crippen MR) is 106 cm³/mol. The molecule has 0 aliphatic carbocycles. The topological polar surface area (TPSA) is 44.1 Å². The summed E-state index contributed by atoms with van der Waals surface area (Å²) in [6.07, 6.45) is 1.74. The zero-order chi connectivity index (χ0) is 18.0. The number of thioether (sulfide) groups is 1. The minimum atomic E-state index is 0.0176. The van der Waals surface area contributed by atoms with E-state index in [2.05, 4.69) is 6.58 Å². The molecule has 2 aromatic heterocycles. The van der Waals surface area contributed by atoms with Crippen molar-refractivity contribution in [3.8, 4) is 5.75 Å². The number of nitrogens with zero attached hydrogens (tertiary/aromatic N) is 2. The quantitative estimate of drug-likeness (QED) is 0.361. The molecule has 0 saturated carbocycles. The van der Waals surface area contributed by atoms with Crippen LogP contribution in [0, 0.1) is 13.8 Å². The van der Waals surface area contributed by atoms with Crippen LogP contribution in [0.5, 0.6) is 5.75 Å². The van der Waals surface area contributed by atoms with Gasteiger partial charge in [-0.15, -0.1) is 17.9 Å². The first kappa shape index (κ1) is 17.8. The van der Waals surface area contributed by atoms with Crippen molar-refractivity contribution in [2.24, 2.45) is 0 Å². The van der Waals surface area contributed by atoms with Crippen LogP contribution in [0.25, 0.3) is 10.2 Å². The van der Waals surface area contributed by atoms with Crippen LogP contribution in [0.1, 0.15) is 16.0 Å². The zero-order valence-corrected chi connectivity index (χ0v) is 16.2. The van der Waals surface area contributed by atoms with Crippen molar-refractivity contribution in [2.45, 2.75) is 31.3 Å². The van der Waals surface area contributed by atoms with Crippen molar-refractivity contribution in [3.63, 3.8) is 0 Å². The summed E-state index contributed by atoms with van der Waals surface area (Å²) in [6.45, 7) is 8.25. The van der Waals surface area contributed by atoms with E-state index < -0.39 is 0 Å². The summed E-state index contributed by atoms with van der Waals surface area (Å²) >= 11 is 3.15. The van der Waals surface area contributed by atoms with Crippen LogP contribution in [-0.2, 0) is 12.3 Å². The fourth-order valence-electron chi connectivity index (χ4n) is 2.58. The number of methoxy groups -OCH3 is 1. The van der Waals surface area contributed by atoms with Gasteiger partial charge in [0.1, 0.15) is 10.6 Å². The molecule has 0 saturated heterocycles. The monoisotopic (exact) mass is 372 g/mol. The average Bonchev–Trinajstić information content (AvgIpc) is 2.90. The van der Waals surface area contributed by atoms with E-state index in [1.807, 2.05) is 38.1 Å². The summed E-state index contributed by atoms with van der Waals surface area (Å²) in [7, 11) is 1.65. The van der Waals surface area contributed by atoms with E-state index in [9.17, 15) is 4.79 Å². The highest BCUT2D eigenvalue weighted by Crippen LogP contribution is 2.29. The van der Waals surface area contributed by atoms with Gasteiger partial charge in [0.2, 0.25) is 0 Å². The van der Waals surface area contributed by atoms with Gasteiger partial charge >= 0.3 is 0 Å². The highest BCUT2D eigenvalue weighted by Gasteiger charge is 2.16. The number of hydrogen-bond donors (Lipinski definition) is 0. The van der Waals surface area contributed by atoms with E-state index in [-0.39, 0.29) is 5.56 Å². The smallest absolute Gasteiger partial charge is 0.263 e. The van der Waals surface area contributed by atoms with E-state index in [4.69, 9.17) is 9.72 Å². The maximum Gasteiger partial charge on any atom is 0.263 e. The lowest BCUT2D eigenvalue weighted by Crippen LogP contribution is -2.22. The molecule has 0 radical (unpaired) electrons. The number of aromatic nitrogens is 2. The van der Waals surface area contributed by atoms with Gasteiger partial charge in [-0.2, -0.15) is 0 Å². The van der Waals surface area contributed by atoms with Crippen molar-refractivity contribution in [2.75, 3.05) is 7.11 Å². The molecule has 0 N–H and O–H groups in total. The van der Waals surface area contributed by atoms with Gasteiger partial charge in [0.05, 0.1) is 12.5 Å². The molecule has 130 valence electrons. The van der Waals surface area contributed by atoms with E-state index in [0.717, 1.165) is 42.9 Å². The third kappa shape index (κ3) is 3.50. The second kappa shape index (κ2) is 7.45. The number of allylic oxidation sites excluding steroid dienone is 1. The van der Waals surface area contributed by atoms with Crippen molar-refractivity contribution >= 4 is 33.3 Å². The van der Waals surface area contributed by atoms with Crippen molar-refractivity contribution in [1.82, 2.24) is 9.55 Å². The zero-order valence-electron chi connectivity index (χ0n) is 14.5. The van der Waals surface area contributed by atoms with Gasteiger partial charge in [-0.3, -0.25) is 9.36 Å². The molecule has 6 heteroatoms. The maximum absolute atomic E-state index is 12.9. The summed E-state index contributed by atoms with van der Waals surface area (Å²) in [5, 5.41) is 1.47. The number of aryl methyl sites for hydroxylation is 2. The molecule has 0 atom stereocenters. The van der Waals surface area contributed by atoms with Crippen LogP contribution in [0.3, 0.4) is 0 Å². The number of rotatable bonds is 6. The molecule has 0 spiro atoms. The first-order valence-electron chi connectivity index (χ1n) is 7.92. The SMILES string of the molecule is C=CCn1c(SCc2ccc(OC)cc2)nc2sc(C)c(C)c2c1=O. The lowest BCUT2D eigenvalue weighted by Gasteiger charge is -2.10. The Morgan fingerprint density at radius 2 is 2.04 bits per heavy atom. The third-order valence-corrected chi connectivity index (χ3v) is 6.24. The summed E-state index contributed by atoms with van der Waals surface area (Å²) in [6, 6.07) is 7.93. The number of thiophene rings is 1. The van der Waals surface area contributed by atoms with E-state index >= 15 is 0 Å². The van der Waals surface area contributed by atoms with Gasteiger partial charge in [-0.05, 0) is 37.1 Å². The average molecular weight is 373 g/mol. The second-order valence-corrected chi connectivity index (χ2v) is 7.84. The number of ether oxygens (including phenoxy) is 1. The van der Waals surface area contributed by atoms with Crippen LogP contribution in [0.2, 0.25) is 0 Å². The van der Waals surface area contributed by atoms with Crippen LogP contribution < -0.4 is 10.3 Å². The Hall–Kier alpha value is -2.05. The first-order chi connectivity index (χ1) is 12.0. The van der Waals surface area contributed by atoms with E-state index in [1.54, 1.807) is 40.9 Å². The largest absolute Gasteiger partial charge is 0.497 e. The molecule has 0 aliphatic heterocycles. The molecule has 3 aromatic rings. The van der Waals surface area contributed by atoms with Gasteiger partial charge in [-0.1, -0.05) is 30.0 Å². The van der Waals surface area contributed by atoms with E-state index in [0.29, 0.717) is 6.54 Å². The minimum absolute atomic E-state index is 0.0176. The Balaban J connectivity index is 1.97. The molecular formula is C19H20N2O2S2. The molecule has 0 fully saturated rings. The Morgan fingerprint density at radius 3 is 2.68 bits per heavy atom. The molecule has 0 unspecified atom stereocenters. The number of fused-ring (bicyclic) bond motifs is 1. The van der Waals surface area contributed by atoms with E-state index in [1.165, 1.54) is 0 Å². The lowest BCUT2D eigenvalue weighted by atomic mass is 10.2. The molecule has 2 heterocycles. The molecule has 1 aromatic carbocycles. The number of benzene rings is 1. The Labute approximate surface area is 155 Å². The Bertz CT molecular complexity index is 972. The second-order valence-electron chi connectivity index (χ2n) is 5.70. The summed E-state index contributed by atoms with van der Waals surface area (Å²) in [5.41, 5.74) is 2.20. The number of hydrogen-bond acceptors (Lipinski definition) is 5. The van der Waals surface area contributed by atoms with Gasteiger partial charge < -0.3 is 4.74 Å². The van der Waals surface area contributed by atoms with Crippen LogP contribution in [0.15, 0.2) is 46.9 Å². The molecule has 0 aliphatic rings. The normalized spacial score (nSPS) is 11.0. The molecule has 3 rings (SSSR count). The molecular weight excluding hydrogens is 352 g/mol. The molecule has 4 nitrogen and oxygen atoms in total. The Kier molecular flexibility index (Phi) is 5.30. The fourth-order valence-corrected chi connectivity index (χ4v) is 4.61. The van der Waals surface area contributed by atoms with Crippen LogP contribution >= 0.6 is 23.1 Å². The predicted octanol–water partition coefficient (Wildman–Crippen LogP) is 4.56. The lowest BCUT2D eigenvalue weighted by molar-refractivity contribution is 0.414. The standard InChI is InChI=1S/C19H20N2O2S2/c1-5-10-21-18(22)16-12(2)13(3)25-17(16)20-19(21)24-11-14-6-8-15(23-4)9-7-14/h5-9H,1,10-11H2,2-4H3. The van der Waals surface area contributed by atoms with Crippen molar-refractivity contribution < 1.29 is 4.74 Å². The van der Waals surface area contributed by atoms with Crippen LogP contribution in [-0.4, -0.2) is 16.7 Å². The third-order valence-electron chi connectivity index (χ3n) is 4.09. The fraction of sp³-hybridized carbons (Fsp3) is 0.263. The summed E-state index contributed by atoms with van der Waals surface area (Å²) in [5.74, 6) is 1.57. The summed E-state index contributed by atoms with van der Waals surface area (Å²) in [4.78, 5) is 19.6. The summed E-state index contributed by atoms with van der Waals surface area (Å²) < 4.78 is 6.90. The molecule has 0 amide bonds. The molecule has 0 bridgehead atoms. The highest BCUT2D eigenvalue weighted by molar-refractivity contribution is 7.98. The maximum atomic E-state index is 12.9. The van der Waals surface area contributed by atoms with Gasteiger partial charge in [0, 0.05) is 17.2 Å². The van der Waals surface area contributed by atoms with Crippen molar-refractivity contribution in [3.05, 3.63) is 63.3 Å². The molecule has 25 heavy (non-hydrogen) atoms.